The molecule has 2 aliphatic carbocycles. The molecule has 8 heteroatoms. The predicted molar refractivity (Wildman–Crippen MR) is 143 cm³/mol. The Morgan fingerprint density at radius 2 is 1.46 bits per heavy atom. The molecule has 37 heavy (non-hydrogen) atoms. The molecule has 1 unspecified atom stereocenters. The molecule has 0 radical (unpaired) electrons. The van der Waals surface area contributed by atoms with Gasteiger partial charge in [-0.1, -0.05) is 68.9 Å². The zero-order chi connectivity index (χ0) is 27.1. The van der Waals surface area contributed by atoms with Gasteiger partial charge in [0.1, 0.15) is 18.2 Å². The van der Waals surface area contributed by atoms with Crippen molar-refractivity contribution in [2.75, 3.05) is 0 Å². The molecule has 0 bridgehead atoms. The van der Waals surface area contributed by atoms with E-state index in [1.807, 2.05) is 6.07 Å². The van der Waals surface area contributed by atoms with E-state index < -0.39 is 29.7 Å². The van der Waals surface area contributed by atoms with E-state index in [0.29, 0.717) is 0 Å². The number of carboxylic acid groups (broad SMARTS) is 1. The lowest BCUT2D eigenvalue weighted by molar-refractivity contribution is -0.155. The van der Waals surface area contributed by atoms with Gasteiger partial charge in [-0.15, -0.1) is 0 Å². The van der Waals surface area contributed by atoms with E-state index in [1.165, 1.54) is 64.2 Å². The normalized spacial score (nSPS) is 17.6. The summed E-state index contributed by atoms with van der Waals surface area (Å²) >= 11 is 0. The fourth-order valence-corrected chi connectivity index (χ4v) is 4.69. The number of nitrogens with one attached hydrogen (secondary N) is 2. The number of carboxylic acids is 1. The zero-order valence-corrected chi connectivity index (χ0v) is 22.8. The van der Waals surface area contributed by atoms with Crippen LogP contribution in [0.25, 0.3) is 0 Å². The van der Waals surface area contributed by atoms with Crippen LogP contribution in [0.15, 0.2) is 30.3 Å². The Morgan fingerprint density at radius 3 is 1.95 bits per heavy atom. The first-order chi connectivity index (χ1) is 17.6. The average Bonchev–Trinajstić information content (AvgIpc) is 2.86. The van der Waals surface area contributed by atoms with Crippen LogP contribution < -0.4 is 10.6 Å². The van der Waals surface area contributed by atoms with Crippen molar-refractivity contribution >= 4 is 18.0 Å². The lowest BCUT2D eigenvalue weighted by Crippen LogP contribution is -2.41. The first-order valence-corrected chi connectivity index (χ1v) is 13.8. The quantitative estimate of drug-likeness (QED) is 0.358. The number of hydrogen-bond acceptors (Lipinski definition) is 6. The lowest BCUT2D eigenvalue weighted by atomic mass is 9.91. The lowest BCUT2D eigenvalue weighted by Gasteiger charge is -2.30. The molecule has 3 N–H and O–H groups in total. The van der Waals surface area contributed by atoms with Crippen LogP contribution in [0.1, 0.15) is 103 Å². The number of carbonyl (C=O) groups excluding carboxylic acids is 2. The SMILES string of the molecule is C1CCC(NC2CCCCC2)CC1.CC(C)(C)OC(=O)CCC(NC(=O)OCc1ccccc1)C(=O)O. The van der Waals surface area contributed by atoms with Gasteiger partial charge in [-0.25, -0.2) is 9.59 Å². The fourth-order valence-electron chi connectivity index (χ4n) is 4.69. The van der Waals surface area contributed by atoms with Crippen molar-refractivity contribution in [1.82, 2.24) is 10.6 Å². The van der Waals surface area contributed by atoms with E-state index >= 15 is 0 Å². The number of esters is 1. The molecule has 208 valence electrons. The fraction of sp³-hybridized carbons (Fsp3) is 0.690. The van der Waals surface area contributed by atoms with Gasteiger partial charge in [-0.3, -0.25) is 4.79 Å². The second-order valence-electron chi connectivity index (χ2n) is 11.1. The van der Waals surface area contributed by atoms with Gasteiger partial charge < -0.3 is 25.2 Å². The topological polar surface area (TPSA) is 114 Å². The molecule has 1 amide bonds. The highest BCUT2D eigenvalue weighted by molar-refractivity contribution is 5.80. The van der Waals surface area contributed by atoms with E-state index in [0.717, 1.165) is 17.6 Å². The molecule has 1 aromatic carbocycles. The summed E-state index contributed by atoms with van der Waals surface area (Å²) in [5, 5.41) is 15.2. The van der Waals surface area contributed by atoms with E-state index in [4.69, 9.17) is 14.6 Å². The maximum absolute atomic E-state index is 11.7. The molecule has 2 aliphatic rings. The summed E-state index contributed by atoms with van der Waals surface area (Å²) in [6.07, 6.45) is 13.5. The number of carbonyl (C=O) groups is 3. The third-order valence-corrected chi connectivity index (χ3v) is 6.54. The van der Waals surface area contributed by atoms with Crippen LogP contribution in [-0.2, 0) is 25.7 Å². The van der Waals surface area contributed by atoms with Gasteiger partial charge in [0.25, 0.3) is 0 Å². The minimum absolute atomic E-state index is 0.0328. The summed E-state index contributed by atoms with van der Waals surface area (Å²) in [6, 6.07) is 9.53. The molecule has 8 nitrogen and oxygen atoms in total. The molecule has 2 fully saturated rings. The van der Waals surface area contributed by atoms with Gasteiger partial charge in [0.05, 0.1) is 0 Å². The van der Waals surface area contributed by atoms with Gasteiger partial charge in [-0.05, 0) is 58.4 Å². The molecule has 0 aliphatic heterocycles. The van der Waals surface area contributed by atoms with Crippen LogP contribution in [0.3, 0.4) is 0 Å². The van der Waals surface area contributed by atoms with Crippen LogP contribution in [0.2, 0.25) is 0 Å². The predicted octanol–water partition coefficient (Wildman–Crippen LogP) is 5.73. The summed E-state index contributed by atoms with van der Waals surface area (Å²) in [6.45, 7) is 5.20. The van der Waals surface area contributed by atoms with Crippen molar-refractivity contribution < 1.29 is 29.0 Å². The molecule has 3 rings (SSSR count). The summed E-state index contributed by atoms with van der Waals surface area (Å²) in [5.74, 6) is -1.76. The third-order valence-electron chi connectivity index (χ3n) is 6.54. The third kappa shape index (κ3) is 14.1. The smallest absolute Gasteiger partial charge is 0.408 e. The van der Waals surface area contributed by atoms with Crippen LogP contribution in [0.4, 0.5) is 4.79 Å². The van der Waals surface area contributed by atoms with Crippen LogP contribution in [0, 0.1) is 0 Å². The van der Waals surface area contributed by atoms with Crippen molar-refractivity contribution in [3.63, 3.8) is 0 Å². The molecule has 1 aromatic rings. The van der Waals surface area contributed by atoms with Crippen molar-refractivity contribution in [2.45, 2.75) is 128 Å². The van der Waals surface area contributed by atoms with Gasteiger partial charge in [0.2, 0.25) is 0 Å². The summed E-state index contributed by atoms with van der Waals surface area (Å²) < 4.78 is 10.1. The van der Waals surface area contributed by atoms with E-state index in [9.17, 15) is 14.4 Å². The number of ether oxygens (including phenoxy) is 2. The second kappa shape index (κ2) is 16.3. The largest absolute Gasteiger partial charge is 0.480 e. The number of benzene rings is 1. The summed E-state index contributed by atoms with van der Waals surface area (Å²) in [7, 11) is 0. The Kier molecular flexibility index (Phi) is 13.5. The highest BCUT2D eigenvalue weighted by Gasteiger charge is 2.24. The average molecular weight is 519 g/mol. The van der Waals surface area contributed by atoms with Crippen LogP contribution >= 0.6 is 0 Å². The van der Waals surface area contributed by atoms with E-state index in [1.54, 1.807) is 45.0 Å². The number of hydrogen-bond donors (Lipinski definition) is 3. The van der Waals surface area contributed by atoms with Gasteiger partial charge in [0, 0.05) is 18.5 Å². The highest BCUT2D eigenvalue weighted by atomic mass is 16.6. The number of rotatable bonds is 9. The molecular weight excluding hydrogens is 472 g/mol. The Balaban J connectivity index is 0.000000308. The molecule has 2 saturated carbocycles. The number of alkyl carbamates (subject to hydrolysis) is 1. The zero-order valence-electron chi connectivity index (χ0n) is 22.8. The van der Waals surface area contributed by atoms with E-state index in [-0.39, 0.29) is 19.4 Å². The van der Waals surface area contributed by atoms with Gasteiger partial charge in [0.15, 0.2) is 0 Å². The highest BCUT2D eigenvalue weighted by Crippen LogP contribution is 2.22. The first-order valence-electron chi connectivity index (χ1n) is 13.8. The summed E-state index contributed by atoms with van der Waals surface area (Å²) in [5.41, 5.74) is 0.144. The van der Waals surface area contributed by atoms with E-state index in [2.05, 4.69) is 10.6 Å². The number of amides is 1. The molecular formula is C29H46N2O6. The van der Waals surface area contributed by atoms with Crippen LogP contribution in [0.5, 0.6) is 0 Å². The Bertz CT molecular complexity index is 795. The maximum Gasteiger partial charge on any atom is 0.408 e. The van der Waals surface area contributed by atoms with Crippen molar-refractivity contribution in [1.29, 1.82) is 0 Å². The standard InChI is InChI=1S/C17H23NO6.C12H23N/c1-17(2,3)24-14(19)10-9-13(15(20)21)18-16(22)23-11-12-7-5-4-6-8-12;1-3-7-11(8-4-1)13-12-9-5-2-6-10-12/h4-8,13H,9-11H2,1-3H3,(H,18,22)(H,20,21);11-13H,1-10H2. The minimum Gasteiger partial charge on any atom is -0.480 e. The molecule has 1 atom stereocenters. The summed E-state index contributed by atoms with van der Waals surface area (Å²) in [4.78, 5) is 34.5. The molecule has 0 saturated heterocycles. The minimum atomic E-state index is -1.24. The van der Waals surface area contributed by atoms with Crippen molar-refractivity contribution in [3.8, 4) is 0 Å². The Hall–Kier alpha value is -2.61. The molecule has 0 aromatic heterocycles. The van der Waals surface area contributed by atoms with Crippen molar-refractivity contribution in [2.24, 2.45) is 0 Å². The molecule has 0 spiro atoms. The van der Waals surface area contributed by atoms with Gasteiger partial charge in [-0.2, -0.15) is 0 Å². The first kappa shape index (κ1) is 30.6. The number of aliphatic carboxylic acids is 1. The van der Waals surface area contributed by atoms with Gasteiger partial charge >= 0.3 is 18.0 Å². The molecule has 0 heterocycles. The van der Waals surface area contributed by atoms with Crippen molar-refractivity contribution in [3.05, 3.63) is 35.9 Å². The maximum atomic E-state index is 11.7. The Morgan fingerprint density at radius 1 is 0.919 bits per heavy atom. The monoisotopic (exact) mass is 518 g/mol. The second-order valence-corrected chi connectivity index (χ2v) is 11.1. The Labute approximate surface area is 221 Å². The van der Waals surface area contributed by atoms with Crippen LogP contribution in [-0.4, -0.2) is 46.9 Å².